The number of carbonyl (C=O) groups excluding carboxylic acids is 2. The fourth-order valence-corrected chi connectivity index (χ4v) is 5.97. The smallest absolute Gasteiger partial charge is 0.324 e. The van der Waals surface area contributed by atoms with Gasteiger partial charge in [-0.05, 0) is 67.8 Å². The molecule has 4 heterocycles. The summed E-state index contributed by atoms with van der Waals surface area (Å²) in [5.41, 5.74) is 4.89. The van der Waals surface area contributed by atoms with E-state index in [0.717, 1.165) is 51.0 Å². The monoisotopic (exact) mass is 621 g/mol. The van der Waals surface area contributed by atoms with Crippen LogP contribution in [0.3, 0.4) is 0 Å². The Morgan fingerprint density at radius 1 is 0.956 bits per heavy atom. The van der Waals surface area contributed by atoms with Crippen molar-refractivity contribution in [2.75, 3.05) is 22.1 Å². The third kappa shape index (κ3) is 6.58. The summed E-state index contributed by atoms with van der Waals surface area (Å²) in [7, 11) is 0. The Morgan fingerprint density at radius 3 is 2.42 bits per heavy atom. The zero-order valence-electron chi connectivity index (χ0n) is 25.9. The second kappa shape index (κ2) is 12.2. The molecule has 0 unspecified atom stereocenters. The summed E-state index contributed by atoms with van der Waals surface area (Å²) in [6, 6.07) is 18.9. The standard InChI is InChI=1S/C34H35N7O3S/c1-21-9-6-7-10-26(21)41-29(18-28(39-41)34(3,4)5)38-32(43)37-24-17-22(2)31(35-19-24)44-25-14-12-23(13-15-25)27-20-36-33(45-27)40-16-8-11-30(40)42/h6-7,9-10,12-15,17-20H,8,11,16H2,1-5H3,(H2,37,38,43). The normalized spacial score (nSPS) is 13.3. The summed E-state index contributed by atoms with van der Waals surface area (Å²) in [6.45, 7) is 10.9. The number of hydrogen-bond donors (Lipinski definition) is 2. The summed E-state index contributed by atoms with van der Waals surface area (Å²) in [4.78, 5) is 36.8. The molecular weight excluding hydrogens is 586 g/mol. The number of para-hydroxylation sites is 1. The SMILES string of the molecule is Cc1ccccc1-n1nc(C(C)(C)C)cc1NC(=O)Nc1cnc(Oc2ccc(-c3cnc(N4CCCC4=O)s3)cc2)c(C)c1. The van der Waals surface area contributed by atoms with E-state index < -0.39 is 6.03 Å². The van der Waals surface area contributed by atoms with Gasteiger partial charge in [0.2, 0.25) is 11.8 Å². The number of pyridine rings is 1. The molecule has 10 nitrogen and oxygen atoms in total. The Labute approximate surface area is 266 Å². The first-order chi connectivity index (χ1) is 21.5. The van der Waals surface area contributed by atoms with Crippen molar-refractivity contribution >= 4 is 39.9 Å². The predicted octanol–water partition coefficient (Wildman–Crippen LogP) is 7.87. The fourth-order valence-electron chi connectivity index (χ4n) is 5.01. The number of urea groups is 1. The molecular formula is C34H35N7O3S. The number of ether oxygens (including phenoxy) is 1. The van der Waals surface area contributed by atoms with Crippen LogP contribution in [0.25, 0.3) is 16.1 Å². The number of anilines is 3. The number of carbonyl (C=O) groups is 2. The minimum absolute atomic E-state index is 0.129. The van der Waals surface area contributed by atoms with Crippen molar-refractivity contribution in [1.29, 1.82) is 0 Å². The van der Waals surface area contributed by atoms with Gasteiger partial charge in [-0.3, -0.25) is 15.0 Å². The maximum Gasteiger partial charge on any atom is 0.324 e. The topological polar surface area (TPSA) is 114 Å². The highest BCUT2D eigenvalue weighted by molar-refractivity contribution is 7.19. The molecule has 45 heavy (non-hydrogen) atoms. The van der Waals surface area contributed by atoms with E-state index in [1.54, 1.807) is 22.0 Å². The van der Waals surface area contributed by atoms with Crippen LogP contribution in [0.4, 0.5) is 21.4 Å². The molecule has 5 aromatic rings. The number of nitrogens with zero attached hydrogens (tertiary/aromatic N) is 5. The van der Waals surface area contributed by atoms with E-state index in [9.17, 15) is 9.59 Å². The number of benzene rings is 2. The van der Waals surface area contributed by atoms with Crippen LogP contribution in [-0.4, -0.2) is 38.2 Å². The van der Waals surface area contributed by atoms with Gasteiger partial charge in [0.15, 0.2) is 5.13 Å². The van der Waals surface area contributed by atoms with Gasteiger partial charge in [0.1, 0.15) is 11.6 Å². The summed E-state index contributed by atoms with van der Waals surface area (Å²) in [5.74, 6) is 1.77. The van der Waals surface area contributed by atoms with E-state index in [-0.39, 0.29) is 11.3 Å². The molecule has 1 aliphatic heterocycles. The van der Waals surface area contributed by atoms with Crippen LogP contribution in [0, 0.1) is 13.8 Å². The predicted molar refractivity (Wildman–Crippen MR) is 178 cm³/mol. The average molecular weight is 622 g/mol. The first kappa shape index (κ1) is 30.0. The van der Waals surface area contributed by atoms with Gasteiger partial charge in [-0.1, -0.05) is 50.3 Å². The Kier molecular flexibility index (Phi) is 8.11. The highest BCUT2D eigenvalue weighted by Gasteiger charge is 2.25. The Bertz CT molecular complexity index is 1870. The van der Waals surface area contributed by atoms with Crippen LogP contribution in [0.5, 0.6) is 11.6 Å². The number of nitrogens with one attached hydrogen (secondary N) is 2. The fraction of sp³-hybridized carbons (Fsp3) is 0.265. The molecule has 3 aromatic heterocycles. The van der Waals surface area contributed by atoms with Gasteiger partial charge in [0, 0.05) is 36.2 Å². The van der Waals surface area contributed by atoms with E-state index in [4.69, 9.17) is 9.84 Å². The van der Waals surface area contributed by atoms with Crippen LogP contribution >= 0.6 is 11.3 Å². The molecule has 11 heteroatoms. The second-order valence-corrected chi connectivity index (χ2v) is 13.1. The van der Waals surface area contributed by atoms with Gasteiger partial charge in [0.25, 0.3) is 0 Å². The van der Waals surface area contributed by atoms with Crippen molar-refractivity contribution in [3.63, 3.8) is 0 Å². The van der Waals surface area contributed by atoms with Crippen LogP contribution in [0.15, 0.2) is 73.1 Å². The lowest BCUT2D eigenvalue weighted by molar-refractivity contribution is -0.117. The van der Waals surface area contributed by atoms with Gasteiger partial charge >= 0.3 is 6.03 Å². The summed E-state index contributed by atoms with van der Waals surface area (Å²) >= 11 is 1.50. The van der Waals surface area contributed by atoms with E-state index >= 15 is 0 Å². The molecule has 2 N–H and O–H groups in total. The van der Waals surface area contributed by atoms with Crippen molar-refractivity contribution in [1.82, 2.24) is 19.7 Å². The van der Waals surface area contributed by atoms with Crippen LogP contribution in [0.2, 0.25) is 0 Å². The number of aromatic nitrogens is 4. The van der Waals surface area contributed by atoms with Gasteiger partial charge in [0.05, 0.1) is 28.1 Å². The molecule has 1 aliphatic rings. The lowest BCUT2D eigenvalue weighted by Crippen LogP contribution is -2.23. The third-order valence-corrected chi connectivity index (χ3v) is 8.57. The molecule has 0 bridgehead atoms. The largest absolute Gasteiger partial charge is 0.439 e. The van der Waals surface area contributed by atoms with Crippen LogP contribution in [0.1, 0.15) is 50.4 Å². The zero-order valence-corrected chi connectivity index (χ0v) is 26.7. The molecule has 1 fully saturated rings. The molecule has 3 amide bonds. The highest BCUT2D eigenvalue weighted by Crippen LogP contribution is 2.35. The van der Waals surface area contributed by atoms with E-state index in [2.05, 4.69) is 41.4 Å². The molecule has 2 aromatic carbocycles. The quantitative estimate of drug-likeness (QED) is 0.191. The summed E-state index contributed by atoms with van der Waals surface area (Å²) in [5, 5.41) is 11.4. The second-order valence-electron chi connectivity index (χ2n) is 12.1. The maximum atomic E-state index is 13.1. The van der Waals surface area contributed by atoms with Crippen molar-refractivity contribution in [2.24, 2.45) is 0 Å². The Balaban J connectivity index is 1.11. The van der Waals surface area contributed by atoms with E-state index in [0.29, 0.717) is 29.6 Å². The van der Waals surface area contributed by atoms with Crippen LogP contribution in [-0.2, 0) is 10.2 Å². The Morgan fingerprint density at radius 2 is 1.73 bits per heavy atom. The van der Waals surface area contributed by atoms with Crippen LogP contribution < -0.4 is 20.3 Å². The molecule has 0 spiro atoms. The van der Waals surface area contributed by atoms with Crippen molar-refractivity contribution < 1.29 is 14.3 Å². The first-order valence-electron chi connectivity index (χ1n) is 14.8. The maximum absolute atomic E-state index is 13.1. The van der Waals surface area contributed by atoms with Crippen molar-refractivity contribution in [3.8, 4) is 27.8 Å². The highest BCUT2D eigenvalue weighted by atomic mass is 32.1. The molecule has 1 saturated heterocycles. The average Bonchev–Trinajstić information content (AvgIpc) is 3.75. The number of rotatable bonds is 7. The molecule has 0 radical (unpaired) electrons. The molecule has 6 rings (SSSR count). The lowest BCUT2D eigenvalue weighted by atomic mass is 9.92. The van der Waals surface area contributed by atoms with Gasteiger partial charge < -0.3 is 10.1 Å². The minimum Gasteiger partial charge on any atom is -0.439 e. The van der Waals surface area contributed by atoms with E-state index in [1.165, 1.54) is 11.3 Å². The zero-order chi connectivity index (χ0) is 31.7. The molecule has 0 atom stereocenters. The third-order valence-electron chi connectivity index (χ3n) is 7.50. The van der Waals surface area contributed by atoms with Gasteiger partial charge in [-0.2, -0.15) is 5.10 Å². The van der Waals surface area contributed by atoms with Crippen molar-refractivity contribution in [3.05, 3.63) is 89.9 Å². The number of aryl methyl sites for hydroxylation is 2. The number of hydrogen-bond acceptors (Lipinski definition) is 7. The Hall–Kier alpha value is -5.03. The number of thiazole rings is 1. The molecule has 0 saturated carbocycles. The molecule has 0 aliphatic carbocycles. The van der Waals surface area contributed by atoms with Gasteiger partial charge in [-0.15, -0.1) is 0 Å². The lowest BCUT2D eigenvalue weighted by Gasteiger charge is -2.14. The molecule has 230 valence electrons. The van der Waals surface area contributed by atoms with Crippen molar-refractivity contribution in [2.45, 2.75) is 52.9 Å². The number of amides is 3. The summed E-state index contributed by atoms with van der Waals surface area (Å²) < 4.78 is 7.82. The minimum atomic E-state index is -0.407. The van der Waals surface area contributed by atoms with E-state index in [1.807, 2.05) is 74.5 Å². The van der Waals surface area contributed by atoms with Gasteiger partial charge in [-0.25, -0.2) is 19.4 Å². The summed E-state index contributed by atoms with van der Waals surface area (Å²) in [6.07, 6.45) is 4.82. The first-order valence-corrected chi connectivity index (χ1v) is 15.6.